The minimum absolute atomic E-state index is 0.132. The molecule has 3 aromatic rings. The minimum Gasteiger partial charge on any atom is -0.408 e. The number of carbonyl (C=O) groups excluding carboxylic acids is 1. The molecule has 1 fully saturated rings. The van der Waals surface area contributed by atoms with Gasteiger partial charge in [0.1, 0.15) is 0 Å². The monoisotopic (exact) mass is 359 g/mol. The Balaban J connectivity index is 1.46. The summed E-state index contributed by atoms with van der Waals surface area (Å²) in [6.07, 6.45) is 0. The van der Waals surface area contributed by atoms with Gasteiger partial charge in [-0.25, -0.2) is 13.6 Å². The molecule has 4 rings (SSSR count). The Morgan fingerprint density at radius 2 is 1.77 bits per heavy atom. The van der Waals surface area contributed by atoms with Crippen LogP contribution in [0.15, 0.2) is 45.6 Å². The SMILES string of the molecule is O=C(c1ccc(F)c(F)c1)N1CCN(c2ccc3[nH]c(=O)oc3c2)CC1. The molecule has 1 aromatic heterocycles. The van der Waals surface area contributed by atoms with E-state index in [1.165, 1.54) is 6.07 Å². The summed E-state index contributed by atoms with van der Waals surface area (Å²) in [5.74, 6) is -2.83. The van der Waals surface area contributed by atoms with E-state index in [0.29, 0.717) is 37.3 Å². The fourth-order valence-electron chi connectivity index (χ4n) is 3.11. The van der Waals surface area contributed by atoms with Crippen LogP contribution in [-0.4, -0.2) is 42.0 Å². The number of fused-ring (bicyclic) bond motifs is 1. The van der Waals surface area contributed by atoms with E-state index in [1.807, 2.05) is 6.07 Å². The van der Waals surface area contributed by atoms with Crippen LogP contribution in [0.4, 0.5) is 14.5 Å². The molecule has 6 nitrogen and oxygen atoms in total. The van der Waals surface area contributed by atoms with E-state index in [1.54, 1.807) is 17.0 Å². The number of anilines is 1. The first-order valence-corrected chi connectivity index (χ1v) is 8.13. The summed E-state index contributed by atoms with van der Waals surface area (Å²) in [5, 5.41) is 0. The summed E-state index contributed by atoms with van der Waals surface area (Å²) in [4.78, 5) is 30.0. The Hall–Kier alpha value is -3.16. The predicted molar refractivity (Wildman–Crippen MR) is 91.3 cm³/mol. The Kier molecular flexibility index (Phi) is 3.95. The van der Waals surface area contributed by atoms with Crippen molar-refractivity contribution in [3.63, 3.8) is 0 Å². The van der Waals surface area contributed by atoms with Crippen molar-refractivity contribution in [2.45, 2.75) is 0 Å². The van der Waals surface area contributed by atoms with E-state index in [4.69, 9.17) is 4.42 Å². The second-order valence-electron chi connectivity index (χ2n) is 6.10. The highest BCUT2D eigenvalue weighted by atomic mass is 19.2. The second-order valence-corrected chi connectivity index (χ2v) is 6.10. The number of nitrogens with one attached hydrogen (secondary N) is 1. The van der Waals surface area contributed by atoms with Gasteiger partial charge >= 0.3 is 5.76 Å². The first kappa shape index (κ1) is 16.3. The summed E-state index contributed by atoms with van der Waals surface area (Å²) < 4.78 is 31.4. The van der Waals surface area contributed by atoms with Crippen molar-refractivity contribution in [2.24, 2.45) is 0 Å². The molecule has 1 aliphatic rings. The molecular formula is C18H15F2N3O3. The summed E-state index contributed by atoms with van der Waals surface area (Å²) in [5.41, 5.74) is 2.13. The zero-order chi connectivity index (χ0) is 18.3. The average Bonchev–Trinajstić information content (AvgIpc) is 3.02. The van der Waals surface area contributed by atoms with Crippen LogP contribution in [0.5, 0.6) is 0 Å². The van der Waals surface area contributed by atoms with Crippen LogP contribution in [-0.2, 0) is 0 Å². The van der Waals surface area contributed by atoms with E-state index in [2.05, 4.69) is 9.88 Å². The van der Waals surface area contributed by atoms with Gasteiger partial charge in [-0.05, 0) is 30.3 Å². The van der Waals surface area contributed by atoms with Gasteiger partial charge in [0, 0.05) is 43.5 Å². The maximum Gasteiger partial charge on any atom is 0.417 e. The molecule has 0 atom stereocenters. The Morgan fingerprint density at radius 3 is 2.50 bits per heavy atom. The summed E-state index contributed by atoms with van der Waals surface area (Å²) in [7, 11) is 0. The lowest BCUT2D eigenvalue weighted by Gasteiger charge is -2.36. The highest BCUT2D eigenvalue weighted by Crippen LogP contribution is 2.22. The van der Waals surface area contributed by atoms with Crippen molar-refractivity contribution in [3.05, 3.63) is 64.1 Å². The fourth-order valence-corrected chi connectivity index (χ4v) is 3.11. The normalized spacial score (nSPS) is 14.8. The molecule has 134 valence electrons. The number of aromatic nitrogens is 1. The third kappa shape index (κ3) is 2.94. The summed E-state index contributed by atoms with van der Waals surface area (Å²) in [6.45, 7) is 2.06. The number of H-pyrrole nitrogens is 1. The quantitative estimate of drug-likeness (QED) is 0.763. The van der Waals surface area contributed by atoms with Gasteiger partial charge in [-0.1, -0.05) is 0 Å². The van der Waals surface area contributed by atoms with Crippen molar-refractivity contribution in [2.75, 3.05) is 31.1 Å². The third-order valence-corrected chi connectivity index (χ3v) is 4.50. The number of nitrogens with zero attached hydrogens (tertiary/aromatic N) is 2. The molecule has 0 saturated carbocycles. The fraction of sp³-hybridized carbons (Fsp3) is 0.222. The van der Waals surface area contributed by atoms with Gasteiger partial charge in [-0.2, -0.15) is 0 Å². The number of hydrogen-bond donors (Lipinski definition) is 1. The van der Waals surface area contributed by atoms with Crippen LogP contribution in [0, 0.1) is 11.6 Å². The Labute approximate surface area is 146 Å². The first-order chi connectivity index (χ1) is 12.5. The lowest BCUT2D eigenvalue weighted by atomic mass is 10.1. The van der Waals surface area contributed by atoms with Crippen LogP contribution in [0.1, 0.15) is 10.4 Å². The van der Waals surface area contributed by atoms with Gasteiger partial charge in [0.2, 0.25) is 0 Å². The number of halogens is 2. The summed E-state index contributed by atoms with van der Waals surface area (Å²) in [6, 6.07) is 8.59. The molecule has 26 heavy (non-hydrogen) atoms. The number of amides is 1. The van der Waals surface area contributed by atoms with Gasteiger partial charge in [0.25, 0.3) is 5.91 Å². The van der Waals surface area contributed by atoms with E-state index in [9.17, 15) is 18.4 Å². The van der Waals surface area contributed by atoms with Crippen molar-refractivity contribution in [3.8, 4) is 0 Å². The molecule has 1 N–H and O–H groups in total. The molecule has 1 saturated heterocycles. The van der Waals surface area contributed by atoms with Crippen LogP contribution in [0.3, 0.4) is 0 Å². The zero-order valence-electron chi connectivity index (χ0n) is 13.7. The molecule has 1 aliphatic heterocycles. The lowest BCUT2D eigenvalue weighted by molar-refractivity contribution is 0.0746. The van der Waals surface area contributed by atoms with Crippen molar-refractivity contribution in [1.82, 2.24) is 9.88 Å². The highest BCUT2D eigenvalue weighted by molar-refractivity contribution is 5.94. The van der Waals surface area contributed by atoms with Crippen molar-refractivity contribution in [1.29, 1.82) is 0 Å². The van der Waals surface area contributed by atoms with Gasteiger partial charge in [0.05, 0.1) is 5.52 Å². The van der Waals surface area contributed by atoms with Crippen LogP contribution in [0.2, 0.25) is 0 Å². The number of benzene rings is 2. The number of oxazole rings is 1. The van der Waals surface area contributed by atoms with Crippen molar-refractivity contribution < 1.29 is 18.0 Å². The lowest BCUT2D eigenvalue weighted by Crippen LogP contribution is -2.48. The number of piperazine rings is 1. The van der Waals surface area contributed by atoms with Crippen LogP contribution >= 0.6 is 0 Å². The molecule has 8 heteroatoms. The molecule has 2 aromatic carbocycles. The molecule has 0 bridgehead atoms. The number of hydrogen-bond acceptors (Lipinski definition) is 4. The van der Waals surface area contributed by atoms with E-state index < -0.39 is 17.4 Å². The predicted octanol–water partition coefficient (Wildman–Crippen LogP) is 2.36. The molecule has 0 unspecified atom stereocenters. The minimum atomic E-state index is -1.03. The Morgan fingerprint density at radius 1 is 1.00 bits per heavy atom. The van der Waals surface area contributed by atoms with Crippen LogP contribution < -0.4 is 10.7 Å². The molecule has 0 radical (unpaired) electrons. The Bertz CT molecular complexity index is 1040. The molecular weight excluding hydrogens is 344 g/mol. The van der Waals surface area contributed by atoms with E-state index >= 15 is 0 Å². The maximum absolute atomic E-state index is 13.3. The van der Waals surface area contributed by atoms with Crippen LogP contribution in [0.25, 0.3) is 11.1 Å². The highest BCUT2D eigenvalue weighted by Gasteiger charge is 2.23. The number of rotatable bonds is 2. The van der Waals surface area contributed by atoms with Gasteiger partial charge in [-0.3, -0.25) is 9.78 Å². The number of carbonyl (C=O) groups is 1. The third-order valence-electron chi connectivity index (χ3n) is 4.50. The van der Waals surface area contributed by atoms with Gasteiger partial charge < -0.3 is 14.2 Å². The second kappa shape index (κ2) is 6.29. The topological polar surface area (TPSA) is 69.6 Å². The maximum atomic E-state index is 13.3. The van der Waals surface area contributed by atoms with Gasteiger partial charge in [0.15, 0.2) is 17.2 Å². The largest absolute Gasteiger partial charge is 0.417 e. The van der Waals surface area contributed by atoms with E-state index in [0.717, 1.165) is 17.8 Å². The molecule has 2 heterocycles. The smallest absolute Gasteiger partial charge is 0.408 e. The molecule has 0 spiro atoms. The standard InChI is InChI=1S/C18H15F2N3O3/c19-13-3-1-11(9-14(13)20)17(24)23-7-5-22(6-8-23)12-2-4-15-16(10-12)26-18(25)21-15/h1-4,9-10H,5-8H2,(H,21,25). The van der Waals surface area contributed by atoms with E-state index in [-0.39, 0.29) is 11.5 Å². The molecule has 0 aliphatic carbocycles. The average molecular weight is 359 g/mol. The molecule has 1 amide bonds. The van der Waals surface area contributed by atoms with Gasteiger partial charge in [-0.15, -0.1) is 0 Å². The summed E-state index contributed by atoms with van der Waals surface area (Å²) >= 11 is 0. The number of aromatic amines is 1. The van der Waals surface area contributed by atoms with Crippen molar-refractivity contribution >= 4 is 22.7 Å². The zero-order valence-corrected chi connectivity index (χ0v) is 13.7. The first-order valence-electron chi connectivity index (χ1n) is 8.13.